The van der Waals surface area contributed by atoms with Gasteiger partial charge in [0.05, 0.1) is 18.6 Å². The number of aromatic nitrogens is 2. The summed E-state index contributed by atoms with van der Waals surface area (Å²) < 4.78 is 5.73. The number of aryl methyl sites for hydroxylation is 1. The highest BCUT2D eigenvalue weighted by Gasteiger charge is 2.31. The van der Waals surface area contributed by atoms with Gasteiger partial charge in [-0.05, 0) is 38.7 Å². The maximum atomic E-state index is 12.3. The number of ether oxygens (including phenoxy) is 1. The van der Waals surface area contributed by atoms with Crippen molar-refractivity contribution in [1.82, 2.24) is 15.3 Å². The molecule has 0 saturated carbocycles. The van der Waals surface area contributed by atoms with Gasteiger partial charge in [0, 0.05) is 24.5 Å². The predicted molar refractivity (Wildman–Crippen MR) is 88.0 cm³/mol. The smallest absolute Gasteiger partial charge is 0.225 e. The molecule has 6 heteroatoms. The van der Waals surface area contributed by atoms with Crippen LogP contribution in [0.3, 0.4) is 0 Å². The second kappa shape index (κ2) is 7.55. The third-order valence-electron chi connectivity index (χ3n) is 4.35. The van der Waals surface area contributed by atoms with Crippen molar-refractivity contribution in [3.8, 4) is 0 Å². The summed E-state index contributed by atoms with van der Waals surface area (Å²) in [5.74, 6) is 0.682. The van der Waals surface area contributed by atoms with E-state index in [9.17, 15) is 4.79 Å². The van der Waals surface area contributed by atoms with Crippen LogP contribution >= 0.6 is 0 Å². The van der Waals surface area contributed by atoms with Crippen LogP contribution in [-0.4, -0.2) is 41.2 Å². The third-order valence-corrected chi connectivity index (χ3v) is 4.35. The highest BCUT2D eigenvalue weighted by Crippen LogP contribution is 2.21. The zero-order chi connectivity index (χ0) is 16.1. The molecule has 1 saturated heterocycles. The maximum absolute atomic E-state index is 12.3. The van der Waals surface area contributed by atoms with Crippen molar-refractivity contribution in [1.29, 1.82) is 0 Å². The van der Waals surface area contributed by atoms with E-state index in [0.29, 0.717) is 19.1 Å². The Balaban J connectivity index is 1.42. The molecular weight excluding hydrogens is 292 g/mol. The molecule has 2 heterocycles. The number of carbonyl (C=O) groups excluding carboxylic acids is 1. The quantitative estimate of drug-likeness (QED) is 0.811. The second-order valence-corrected chi connectivity index (χ2v) is 6.28. The topological polar surface area (TPSA) is 76.1 Å². The van der Waals surface area contributed by atoms with Crippen molar-refractivity contribution >= 4 is 11.9 Å². The standard InChI is InChI=1S/C17H24N4O2/c1-12-7-8-18-17(20-12)19-10-15-9-13(11-23-15)16(22)21-14-5-3-2-4-6-14/h2-3,7-8,13-15H,4-6,9-11H2,1H3,(H,21,22)(H,18,19,20)/t13-,14?,15-/m0/s1. The van der Waals surface area contributed by atoms with Gasteiger partial charge in [0.25, 0.3) is 0 Å². The van der Waals surface area contributed by atoms with Crippen LogP contribution in [0.25, 0.3) is 0 Å². The maximum Gasteiger partial charge on any atom is 0.225 e. The number of hydrogen-bond donors (Lipinski definition) is 2. The molecule has 23 heavy (non-hydrogen) atoms. The third kappa shape index (κ3) is 4.51. The van der Waals surface area contributed by atoms with Crippen LogP contribution in [0.4, 0.5) is 5.95 Å². The highest BCUT2D eigenvalue weighted by atomic mass is 16.5. The number of rotatable bonds is 5. The first-order chi connectivity index (χ1) is 11.2. The van der Waals surface area contributed by atoms with E-state index in [0.717, 1.165) is 31.4 Å². The summed E-state index contributed by atoms with van der Waals surface area (Å²) in [5, 5.41) is 6.33. The fourth-order valence-corrected chi connectivity index (χ4v) is 3.01. The van der Waals surface area contributed by atoms with Crippen LogP contribution in [0.2, 0.25) is 0 Å². The number of amides is 1. The molecule has 1 aliphatic heterocycles. The van der Waals surface area contributed by atoms with Crippen molar-refractivity contribution < 1.29 is 9.53 Å². The zero-order valence-electron chi connectivity index (χ0n) is 13.5. The van der Waals surface area contributed by atoms with Crippen LogP contribution in [0, 0.1) is 12.8 Å². The van der Waals surface area contributed by atoms with E-state index >= 15 is 0 Å². The van der Waals surface area contributed by atoms with Crippen LogP contribution in [-0.2, 0) is 9.53 Å². The molecular formula is C17H24N4O2. The summed E-state index contributed by atoms with van der Waals surface area (Å²) >= 11 is 0. The molecule has 6 nitrogen and oxygen atoms in total. The molecule has 1 fully saturated rings. The Hall–Kier alpha value is -1.95. The van der Waals surface area contributed by atoms with E-state index in [2.05, 4.69) is 32.8 Å². The van der Waals surface area contributed by atoms with Crippen LogP contribution in [0.15, 0.2) is 24.4 Å². The Morgan fingerprint density at radius 3 is 3.13 bits per heavy atom. The lowest BCUT2D eigenvalue weighted by atomic mass is 9.99. The first-order valence-corrected chi connectivity index (χ1v) is 8.31. The van der Waals surface area contributed by atoms with Gasteiger partial charge in [0.15, 0.2) is 0 Å². The van der Waals surface area contributed by atoms with E-state index in [4.69, 9.17) is 4.74 Å². The van der Waals surface area contributed by atoms with Crippen LogP contribution in [0.1, 0.15) is 31.4 Å². The molecule has 1 aromatic heterocycles. The SMILES string of the molecule is Cc1ccnc(NC[C@@H]2C[C@H](C(=O)NC3CC=CCC3)CO2)n1. The summed E-state index contributed by atoms with van der Waals surface area (Å²) in [6, 6.07) is 2.14. The molecule has 1 unspecified atom stereocenters. The Bertz CT molecular complexity index is 575. The van der Waals surface area contributed by atoms with Crippen LogP contribution < -0.4 is 10.6 Å². The van der Waals surface area contributed by atoms with Gasteiger partial charge in [-0.2, -0.15) is 0 Å². The predicted octanol–water partition coefficient (Wildman–Crippen LogP) is 1.83. The first-order valence-electron chi connectivity index (χ1n) is 8.31. The fourth-order valence-electron chi connectivity index (χ4n) is 3.01. The first kappa shape index (κ1) is 15.9. The van der Waals surface area contributed by atoms with E-state index in [-0.39, 0.29) is 24.0 Å². The Morgan fingerprint density at radius 2 is 2.35 bits per heavy atom. The Labute approximate surface area is 136 Å². The second-order valence-electron chi connectivity index (χ2n) is 6.28. The minimum atomic E-state index is -0.0499. The van der Waals surface area contributed by atoms with Crippen molar-refractivity contribution in [2.75, 3.05) is 18.5 Å². The van der Waals surface area contributed by atoms with Gasteiger partial charge in [0.1, 0.15) is 0 Å². The summed E-state index contributed by atoms with van der Waals surface area (Å²) in [6.07, 6.45) is 9.85. The Morgan fingerprint density at radius 1 is 1.43 bits per heavy atom. The molecule has 2 N–H and O–H groups in total. The molecule has 1 amide bonds. The van der Waals surface area contributed by atoms with E-state index in [1.807, 2.05) is 13.0 Å². The number of carbonyl (C=O) groups is 1. The van der Waals surface area contributed by atoms with Gasteiger partial charge in [-0.25, -0.2) is 9.97 Å². The number of nitrogens with zero attached hydrogens (tertiary/aromatic N) is 2. The van der Waals surface area contributed by atoms with Gasteiger partial charge in [-0.1, -0.05) is 12.2 Å². The van der Waals surface area contributed by atoms with Gasteiger partial charge in [-0.15, -0.1) is 0 Å². The summed E-state index contributed by atoms with van der Waals surface area (Å²) in [4.78, 5) is 20.8. The molecule has 0 bridgehead atoms. The molecule has 0 radical (unpaired) electrons. The average molecular weight is 316 g/mol. The zero-order valence-corrected chi connectivity index (χ0v) is 13.5. The van der Waals surface area contributed by atoms with Gasteiger partial charge in [-0.3, -0.25) is 4.79 Å². The van der Waals surface area contributed by atoms with Gasteiger partial charge >= 0.3 is 0 Å². The van der Waals surface area contributed by atoms with Gasteiger partial charge < -0.3 is 15.4 Å². The average Bonchev–Trinajstić information content (AvgIpc) is 3.03. The van der Waals surface area contributed by atoms with Gasteiger partial charge in [0.2, 0.25) is 11.9 Å². The fraction of sp³-hybridized carbons (Fsp3) is 0.588. The van der Waals surface area contributed by atoms with Crippen molar-refractivity contribution in [2.45, 2.75) is 44.8 Å². The monoisotopic (exact) mass is 316 g/mol. The van der Waals surface area contributed by atoms with Crippen molar-refractivity contribution in [3.05, 3.63) is 30.1 Å². The van der Waals surface area contributed by atoms with E-state index < -0.39 is 0 Å². The van der Waals surface area contributed by atoms with E-state index in [1.54, 1.807) is 6.20 Å². The lowest BCUT2D eigenvalue weighted by Gasteiger charge is -2.21. The van der Waals surface area contributed by atoms with Crippen molar-refractivity contribution in [3.63, 3.8) is 0 Å². The molecule has 3 rings (SSSR count). The lowest BCUT2D eigenvalue weighted by Crippen LogP contribution is -2.39. The molecule has 3 atom stereocenters. The highest BCUT2D eigenvalue weighted by molar-refractivity contribution is 5.79. The number of hydrogen-bond acceptors (Lipinski definition) is 5. The number of allylic oxidation sites excluding steroid dienone is 1. The minimum absolute atomic E-state index is 0.0288. The summed E-state index contributed by atoms with van der Waals surface area (Å²) in [7, 11) is 0. The summed E-state index contributed by atoms with van der Waals surface area (Å²) in [5.41, 5.74) is 0.925. The molecule has 1 aromatic rings. The largest absolute Gasteiger partial charge is 0.376 e. The normalized spacial score (nSPS) is 26.9. The minimum Gasteiger partial charge on any atom is -0.376 e. The lowest BCUT2D eigenvalue weighted by molar-refractivity contribution is -0.125. The number of nitrogens with one attached hydrogen (secondary N) is 2. The molecule has 2 aliphatic rings. The Kier molecular flexibility index (Phi) is 5.23. The molecule has 0 spiro atoms. The van der Waals surface area contributed by atoms with E-state index in [1.165, 1.54) is 0 Å². The van der Waals surface area contributed by atoms with Crippen LogP contribution in [0.5, 0.6) is 0 Å². The summed E-state index contributed by atoms with van der Waals surface area (Å²) in [6.45, 7) is 3.05. The molecule has 124 valence electrons. The molecule has 1 aliphatic carbocycles. The molecule has 0 aromatic carbocycles. The number of anilines is 1. The van der Waals surface area contributed by atoms with Crippen molar-refractivity contribution in [2.24, 2.45) is 5.92 Å².